The van der Waals surface area contributed by atoms with Crippen molar-refractivity contribution in [3.8, 4) is 28.3 Å². The van der Waals surface area contributed by atoms with Crippen molar-refractivity contribution in [3.05, 3.63) is 91.5 Å². The highest BCUT2D eigenvalue weighted by molar-refractivity contribution is 6.36. The van der Waals surface area contributed by atoms with Gasteiger partial charge in [0.15, 0.2) is 0 Å². The Morgan fingerprint density at radius 2 is 1.80 bits per heavy atom. The molecule has 4 heterocycles. The van der Waals surface area contributed by atoms with E-state index in [0.29, 0.717) is 64.2 Å². The number of anilines is 2. The number of rotatable bonds is 10. The molecule has 1 aliphatic rings. The van der Waals surface area contributed by atoms with Crippen LogP contribution >= 0.6 is 11.6 Å². The molecule has 1 unspecified atom stereocenters. The van der Waals surface area contributed by atoms with Crippen LogP contribution in [-0.4, -0.2) is 49.7 Å². The van der Waals surface area contributed by atoms with Crippen molar-refractivity contribution >= 4 is 39.9 Å². The molecule has 0 saturated carbocycles. The van der Waals surface area contributed by atoms with Crippen LogP contribution in [-0.2, 0) is 25.4 Å². The fraction of sp³-hybridized carbons (Fsp3) is 0.294. The first-order chi connectivity index (χ1) is 23.5. The number of hydrogen-bond donors (Lipinski definition) is 3. The van der Waals surface area contributed by atoms with Crippen molar-refractivity contribution < 1.29 is 18.3 Å². The molecule has 0 radical (unpaired) electrons. The first-order valence-electron chi connectivity index (χ1n) is 15.4. The van der Waals surface area contributed by atoms with Gasteiger partial charge in [-0.05, 0) is 36.6 Å². The summed E-state index contributed by atoms with van der Waals surface area (Å²) < 4.78 is 35.4. The lowest BCUT2D eigenvalue weighted by molar-refractivity contribution is -0.119. The van der Waals surface area contributed by atoms with E-state index in [1.807, 2.05) is 31.2 Å². The molecule has 1 fully saturated rings. The number of carbonyl (C=O) groups is 1. The summed E-state index contributed by atoms with van der Waals surface area (Å²) in [7, 11) is 4.24. The predicted molar refractivity (Wildman–Crippen MR) is 183 cm³/mol. The van der Waals surface area contributed by atoms with Gasteiger partial charge in [-0.25, -0.2) is 23.5 Å². The number of aromatic nitrogens is 5. The average molecular weight is 691 g/mol. The highest BCUT2D eigenvalue weighted by Crippen LogP contribution is 2.40. The van der Waals surface area contributed by atoms with E-state index < -0.39 is 23.4 Å². The monoisotopic (exact) mass is 690 g/mol. The largest absolute Gasteiger partial charge is 0.480 e. The Kier molecular flexibility index (Phi) is 9.43. The number of methoxy groups -OCH3 is 1. The van der Waals surface area contributed by atoms with Crippen molar-refractivity contribution in [3.63, 3.8) is 0 Å². The molecular formula is C34H33ClF2N8O4. The third-order valence-corrected chi connectivity index (χ3v) is 9.03. The number of nitrogens with one attached hydrogen (secondary N) is 3. The first kappa shape index (κ1) is 33.7. The number of carbonyl (C=O) groups excluding carboxylic acids is 1. The SMILES string of the molecule is COc1nc(-c2cccc(-c3cccc(Nc4nc(C(F)F)cc5c4c(=O)n(C)c(=O)n5C)c3C)c2Cl)cnc1CNCC1CCC(=O)N1. The zero-order valence-corrected chi connectivity index (χ0v) is 27.9. The number of alkyl halides is 2. The lowest BCUT2D eigenvalue weighted by atomic mass is 9.96. The smallest absolute Gasteiger partial charge is 0.330 e. The summed E-state index contributed by atoms with van der Waals surface area (Å²) in [5.41, 5.74) is 2.43. The second-order valence-corrected chi connectivity index (χ2v) is 12.1. The number of hydrogen-bond acceptors (Lipinski definition) is 9. The molecule has 1 aliphatic heterocycles. The molecule has 0 spiro atoms. The molecule has 5 aromatic rings. The highest BCUT2D eigenvalue weighted by atomic mass is 35.5. The number of pyridine rings is 1. The molecule has 0 aliphatic carbocycles. The number of fused-ring (bicyclic) bond motifs is 1. The van der Waals surface area contributed by atoms with E-state index in [1.54, 1.807) is 18.3 Å². The van der Waals surface area contributed by atoms with Crippen LogP contribution in [0, 0.1) is 6.92 Å². The van der Waals surface area contributed by atoms with Crippen LogP contribution in [0.4, 0.5) is 20.3 Å². The number of benzene rings is 2. The fourth-order valence-electron chi connectivity index (χ4n) is 5.95. The van der Waals surface area contributed by atoms with Gasteiger partial charge in [0.25, 0.3) is 12.0 Å². The third-order valence-electron chi connectivity index (χ3n) is 8.62. The van der Waals surface area contributed by atoms with E-state index in [2.05, 4.69) is 30.9 Å². The van der Waals surface area contributed by atoms with Crippen molar-refractivity contribution in [2.24, 2.45) is 14.1 Å². The van der Waals surface area contributed by atoms with Gasteiger partial charge < -0.3 is 20.7 Å². The molecule has 3 N–H and O–H groups in total. The maximum Gasteiger partial charge on any atom is 0.330 e. The van der Waals surface area contributed by atoms with Crippen LogP contribution in [0.15, 0.2) is 58.3 Å². The molecular weight excluding hydrogens is 658 g/mol. The van der Waals surface area contributed by atoms with Gasteiger partial charge in [-0.1, -0.05) is 41.9 Å². The van der Waals surface area contributed by atoms with Crippen LogP contribution < -0.4 is 31.9 Å². The maximum atomic E-state index is 13.9. The molecule has 12 nitrogen and oxygen atoms in total. The summed E-state index contributed by atoms with van der Waals surface area (Å²) in [4.78, 5) is 50.6. The second kappa shape index (κ2) is 13.7. The Bertz CT molecular complexity index is 2220. The summed E-state index contributed by atoms with van der Waals surface area (Å²) in [6, 6.07) is 12.0. The maximum absolute atomic E-state index is 13.9. The molecule has 0 bridgehead atoms. The number of aryl methyl sites for hydroxylation is 1. The summed E-state index contributed by atoms with van der Waals surface area (Å²) in [6.07, 6.45) is -0.0138. The quantitative estimate of drug-likeness (QED) is 0.189. The molecule has 254 valence electrons. The zero-order valence-electron chi connectivity index (χ0n) is 27.1. The van der Waals surface area contributed by atoms with Crippen LogP contribution in [0.5, 0.6) is 5.88 Å². The lowest BCUT2D eigenvalue weighted by Gasteiger charge is -2.18. The minimum absolute atomic E-state index is 0.00435. The number of nitrogens with zero attached hydrogens (tertiary/aromatic N) is 5. The van der Waals surface area contributed by atoms with Gasteiger partial charge in [0, 0.05) is 56.5 Å². The minimum Gasteiger partial charge on any atom is -0.480 e. The number of halogens is 3. The van der Waals surface area contributed by atoms with Gasteiger partial charge in [-0.15, -0.1) is 0 Å². The van der Waals surface area contributed by atoms with Crippen LogP contribution in [0.25, 0.3) is 33.3 Å². The lowest BCUT2D eigenvalue weighted by Crippen LogP contribution is -2.37. The average Bonchev–Trinajstić information content (AvgIpc) is 3.51. The molecule has 6 rings (SSSR count). The standard InChI is InChI=1S/C34H33ClF2N8O4/c1-17-19(7-6-10-22(17)41-31-28-26(13-23(42-31)30(36)37)44(2)34(48)45(3)33(28)47)20-8-5-9-21(29(20)35)24-16-39-25(32(43-24)49-4)15-38-14-18-11-12-27(46)40-18/h5-10,13,16,18,30,38H,11-12,14-15H2,1-4H3,(H,40,46)(H,41,42). The third kappa shape index (κ3) is 6.48. The van der Waals surface area contributed by atoms with E-state index in [1.165, 1.54) is 21.2 Å². The van der Waals surface area contributed by atoms with Gasteiger partial charge in [0.2, 0.25) is 11.8 Å². The van der Waals surface area contributed by atoms with Crippen molar-refractivity contribution in [2.45, 2.75) is 38.8 Å². The molecule has 1 saturated heterocycles. The van der Waals surface area contributed by atoms with Gasteiger partial charge >= 0.3 is 5.69 Å². The Balaban J connectivity index is 1.33. The Morgan fingerprint density at radius 1 is 1.06 bits per heavy atom. The van der Waals surface area contributed by atoms with E-state index in [0.717, 1.165) is 27.2 Å². The molecule has 15 heteroatoms. The van der Waals surface area contributed by atoms with Crippen LogP contribution in [0.1, 0.15) is 36.2 Å². The number of amides is 1. The molecule has 3 aromatic heterocycles. The summed E-state index contributed by atoms with van der Waals surface area (Å²) >= 11 is 7.02. The van der Waals surface area contributed by atoms with E-state index in [4.69, 9.17) is 16.3 Å². The van der Waals surface area contributed by atoms with Crippen molar-refractivity contribution in [2.75, 3.05) is 19.0 Å². The molecule has 49 heavy (non-hydrogen) atoms. The fourth-order valence-corrected chi connectivity index (χ4v) is 6.27. The Hall–Kier alpha value is -5.21. The minimum atomic E-state index is -2.94. The second-order valence-electron chi connectivity index (χ2n) is 11.7. The predicted octanol–water partition coefficient (Wildman–Crippen LogP) is 4.78. The van der Waals surface area contributed by atoms with E-state index in [9.17, 15) is 23.2 Å². The Morgan fingerprint density at radius 3 is 2.51 bits per heavy atom. The van der Waals surface area contributed by atoms with Gasteiger partial charge in [-0.2, -0.15) is 0 Å². The van der Waals surface area contributed by atoms with Gasteiger partial charge in [0.1, 0.15) is 22.6 Å². The normalized spacial score (nSPS) is 14.4. The van der Waals surface area contributed by atoms with E-state index >= 15 is 0 Å². The molecule has 1 atom stereocenters. The van der Waals surface area contributed by atoms with Crippen molar-refractivity contribution in [1.29, 1.82) is 0 Å². The summed E-state index contributed by atoms with van der Waals surface area (Å²) in [5.74, 6) is 0.282. The Labute approximate surface area is 284 Å². The summed E-state index contributed by atoms with van der Waals surface area (Å²) in [6.45, 7) is 2.82. The zero-order chi connectivity index (χ0) is 35.0. The topological polar surface area (TPSA) is 145 Å². The molecule has 1 amide bonds. The van der Waals surface area contributed by atoms with Crippen LogP contribution in [0.3, 0.4) is 0 Å². The highest BCUT2D eigenvalue weighted by Gasteiger charge is 2.22. The van der Waals surface area contributed by atoms with Gasteiger partial charge in [-0.3, -0.25) is 23.7 Å². The van der Waals surface area contributed by atoms with Crippen molar-refractivity contribution in [1.82, 2.24) is 34.7 Å². The van der Waals surface area contributed by atoms with E-state index in [-0.39, 0.29) is 28.7 Å². The first-order valence-corrected chi connectivity index (χ1v) is 15.8. The van der Waals surface area contributed by atoms with Crippen LogP contribution in [0.2, 0.25) is 5.02 Å². The molecule has 2 aromatic carbocycles. The number of ether oxygens (including phenoxy) is 1. The van der Waals surface area contributed by atoms with Gasteiger partial charge in [0.05, 0.1) is 29.5 Å². The summed E-state index contributed by atoms with van der Waals surface area (Å²) in [5, 5.41) is 9.69.